The Labute approximate surface area is 111 Å². The minimum Gasteiger partial charge on any atom is -0.302 e. The van der Waals surface area contributed by atoms with E-state index in [2.05, 4.69) is 34.1 Å². The van der Waals surface area contributed by atoms with Gasteiger partial charge in [0.05, 0.1) is 0 Å². The Morgan fingerprint density at radius 3 is 2.33 bits per heavy atom. The zero-order chi connectivity index (χ0) is 12.2. The minimum absolute atomic E-state index is 1.16. The van der Waals surface area contributed by atoms with Gasteiger partial charge in [-0.3, -0.25) is 4.90 Å². The molecule has 2 heteroatoms. The molecule has 2 nitrogen and oxygen atoms in total. The first-order chi connectivity index (χ1) is 8.92. The van der Waals surface area contributed by atoms with Crippen LogP contribution in [0.4, 0.5) is 0 Å². The third-order valence-corrected chi connectivity index (χ3v) is 4.39. The Hall–Kier alpha value is -0.860. The van der Waals surface area contributed by atoms with Gasteiger partial charge < -0.3 is 4.90 Å². The van der Waals surface area contributed by atoms with Crippen LogP contribution in [0.1, 0.15) is 30.4 Å². The van der Waals surface area contributed by atoms with Crippen LogP contribution >= 0.6 is 0 Å². The fourth-order valence-corrected chi connectivity index (χ4v) is 3.21. The van der Waals surface area contributed by atoms with E-state index < -0.39 is 0 Å². The number of likely N-dealkylation sites (tertiary alicyclic amines) is 1. The van der Waals surface area contributed by atoms with Gasteiger partial charge >= 0.3 is 0 Å². The predicted octanol–water partition coefficient (Wildman–Crippen LogP) is 2.53. The minimum atomic E-state index is 1.16. The molecule has 0 aliphatic carbocycles. The van der Waals surface area contributed by atoms with Crippen molar-refractivity contribution in [2.45, 2.75) is 32.2 Å². The average Bonchev–Trinajstić information content (AvgIpc) is 2.46. The van der Waals surface area contributed by atoms with E-state index in [-0.39, 0.29) is 0 Å². The van der Waals surface area contributed by atoms with Gasteiger partial charge in [0.15, 0.2) is 0 Å². The first-order valence-electron chi connectivity index (χ1n) is 7.43. The SMILES string of the molecule is c1ccc2c(c1)CCN(CCN1CCCCC1)C2. The molecular weight excluding hydrogens is 220 g/mol. The number of hydrogen-bond acceptors (Lipinski definition) is 2. The van der Waals surface area contributed by atoms with Crippen molar-refractivity contribution in [3.63, 3.8) is 0 Å². The van der Waals surface area contributed by atoms with E-state index in [1.54, 1.807) is 11.1 Å². The van der Waals surface area contributed by atoms with Crippen molar-refractivity contribution >= 4 is 0 Å². The van der Waals surface area contributed by atoms with Crippen molar-refractivity contribution < 1.29 is 0 Å². The second kappa shape index (κ2) is 5.85. The summed E-state index contributed by atoms with van der Waals surface area (Å²) in [5.74, 6) is 0. The highest BCUT2D eigenvalue weighted by Gasteiger charge is 2.17. The van der Waals surface area contributed by atoms with Gasteiger partial charge in [0.2, 0.25) is 0 Å². The van der Waals surface area contributed by atoms with Crippen molar-refractivity contribution in [2.75, 3.05) is 32.7 Å². The maximum absolute atomic E-state index is 2.64. The lowest BCUT2D eigenvalue weighted by Crippen LogP contribution is -2.39. The third kappa shape index (κ3) is 2.93. The Balaban J connectivity index is 1.50. The van der Waals surface area contributed by atoms with Crippen LogP contribution in [-0.2, 0) is 13.0 Å². The molecule has 1 aromatic rings. The zero-order valence-electron chi connectivity index (χ0n) is 11.3. The third-order valence-electron chi connectivity index (χ3n) is 4.39. The largest absolute Gasteiger partial charge is 0.302 e. The van der Waals surface area contributed by atoms with Gasteiger partial charge in [-0.05, 0) is 43.5 Å². The van der Waals surface area contributed by atoms with Crippen LogP contribution in [-0.4, -0.2) is 42.5 Å². The molecule has 1 saturated heterocycles. The van der Waals surface area contributed by atoms with Crippen molar-refractivity contribution in [2.24, 2.45) is 0 Å². The molecule has 0 saturated carbocycles. The quantitative estimate of drug-likeness (QED) is 0.806. The van der Waals surface area contributed by atoms with Crippen LogP contribution in [0.2, 0.25) is 0 Å². The van der Waals surface area contributed by atoms with Gasteiger partial charge in [-0.2, -0.15) is 0 Å². The molecule has 1 aromatic carbocycles. The van der Waals surface area contributed by atoms with E-state index >= 15 is 0 Å². The molecule has 3 rings (SSSR count). The van der Waals surface area contributed by atoms with E-state index in [4.69, 9.17) is 0 Å². The zero-order valence-corrected chi connectivity index (χ0v) is 11.3. The Bertz CT molecular complexity index is 382. The summed E-state index contributed by atoms with van der Waals surface area (Å²) in [6, 6.07) is 8.93. The Morgan fingerprint density at radius 2 is 1.50 bits per heavy atom. The number of nitrogens with zero attached hydrogens (tertiary/aromatic N) is 2. The number of fused-ring (bicyclic) bond motifs is 1. The topological polar surface area (TPSA) is 6.48 Å². The number of rotatable bonds is 3. The van der Waals surface area contributed by atoms with Gasteiger partial charge in [0, 0.05) is 26.2 Å². The molecular formula is C16H24N2. The smallest absolute Gasteiger partial charge is 0.0237 e. The van der Waals surface area contributed by atoms with E-state index in [1.165, 1.54) is 58.4 Å². The highest BCUT2D eigenvalue weighted by molar-refractivity contribution is 5.28. The highest BCUT2D eigenvalue weighted by Crippen LogP contribution is 2.18. The lowest BCUT2D eigenvalue weighted by Gasteiger charge is -2.32. The predicted molar refractivity (Wildman–Crippen MR) is 75.7 cm³/mol. The summed E-state index contributed by atoms with van der Waals surface area (Å²) in [4.78, 5) is 5.26. The lowest BCUT2D eigenvalue weighted by molar-refractivity contribution is 0.173. The second-order valence-corrected chi connectivity index (χ2v) is 5.70. The lowest BCUT2D eigenvalue weighted by atomic mass is 10.00. The highest BCUT2D eigenvalue weighted by atomic mass is 15.2. The molecule has 2 heterocycles. The molecule has 0 radical (unpaired) electrons. The van der Waals surface area contributed by atoms with Crippen LogP contribution < -0.4 is 0 Å². The summed E-state index contributed by atoms with van der Waals surface area (Å²) in [6.07, 6.45) is 5.48. The molecule has 0 unspecified atom stereocenters. The van der Waals surface area contributed by atoms with Gasteiger partial charge in [-0.1, -0.05) is 30.7 Å². The van der Waals surface area contributed by atoms with E-state index in [9.17, 15) is 0 Å². The fourth-order valence-electron chi connectivity index (χ4n) is 3.21. The molecule has 18 heavy (non-hydrogen) atoms. The number of hydrogen-bond donors (Lipinski definition) is 0. The standard InChI is InChI=1S/C16H24N2/c1-4-9-17(10-5-1)12-13-18-11-8-15-6-2-3-7-16(15)14-18/h2-3,6-7H,1,4-5,8-14H2. The summed E-state index contributed by atoms with van der Waals surface area (Å²) in [7, 11) is 0. The molecule has 2 aliphatic rings. The summed E-state index contributed by atoms with van der Waals surface area (Å²) in [5, 5.41) is 0. The monoisotopic (exact) mass is 244 g/mol. The van der Waals surface area contributed by atoms with Crippen LogP contribution in [0.3, 0.4) is 0 Å². The van der Waals surface area contributed by atoms with Gasteiger partial charge in [0.25, 0.3) is 0 Å². The summed E-state index contributed by atoms with van der Waals surface area (Å²) in [5.41, 5.74) is 3.11. The Morgan fingerprint density at radius 1 is 0.778 bits per heavy atom. The first kappa shape index (κ1) is 12.2. The van der Waals surface area contributed by atoms with E-state index in [1.807, 2.05) is 0 Å². The maximum atomic E-state index is 2.64. The van der Waals surface area contributed by atoms with Crippen molar-refractivity contribution in [3.8, 4) is 0 Å². The molecule has 2 aliphatic heterocycles. The number of benzene rings is 1. The van der Waals surface area contributed by atoms with Gasteiger partial charge in [0.1, 0.15) is 0 Å². The first-order valence-corrected chi connectivity index (χ1v) is 7.43. The summed E-state index contributed by atoms with van der Waals surface area (Å²) >= 11 is 0. The van der Waals surface area contributed by atoms with Crippen molar-refractivity contribution in [3.05, 3.63) is 35.4 Å². The summed E-state index contributed by atoms with van der Waals surface area (Å²) < 4.78 is 0. The van der Waals surface area contributed by atoms with Crippen LogP contribution in [0.5, 0.6) is 0 Å². The molecule has 1 fully saturated rings. The van der Waals surface area contributed by atoms with Crippen molar-refractivity contribution in [1.29, 1.82) is 0 Å². The van der Waals surface area contributed by atoms with Crippen molar-refractivity contribution in [1.82, 2.24) is 9.80 Å². The molecule has 0 amide bonds. The van der Waals surface area contributed by atoms with Crippen LogP contribution in [0.25, 0.3) is 0 Å². The molecule has 0 aromatic heterocycles. The van der Waals surface area contributed by atoms with Gasteiger partial charge in [-0.15, -0.1) is 0 Å². The Kier molecular flexibility index (Phi) is 3.96. The van der Waals surface area contributed by atoms with Gasteiger partial charge in [-0.25, -0.2) is 0 Å². The molecule has 0 N–H and O–H groups in total. The average molecular weight is 244 g/mol. The summed E-state index contributed by atoms with van der Waals surface area (Å²) in [6.45, 7) is 7.56. The van der Waals surface area contributed by atoms with E-state index in [0.29, 0.717) is 0 Å². The fraction of sp³-hybridized carbons (Fsp3) is 0.625. The van der Waals surface area contributed by atoms with Crippen LogP contribution in [0, 0.1) is 0 Å². The van der Waals surface area contributed by atoms with E-state index in [0.717, 1.165) is 6.54 Å². The molecule has 0 atom stereocenters. The second-order valence-electron chi connectivity index (χ2n) is 5.70. The molecule has 98 valence electrons. The molecule has 0 spiro atoms. The molecule has 0 bridgehead atoms. The number of piperidine rings is 1. The maximum Gasteiger partial charge on any atom is 0.0237 e. The van der Waals surface area contributed by atoms with Crippen LogP contribution in [0.15, 0.2) is 24.3 Å². The normalized spacial score (nSPS) is 21.8.